The lowest BCUT2D eigenvalue weighted by Gasteiger charge is -2.25. The maximum Gasteiger partial charge on any atom is 0.255 e. The Bertz CT molecular complexity index is 1350. The van der Waals surface area contributed by atoms with E-state index < -0.39 is 0 Å². The van der Waals surface area contributed by atoms with Crippen molar-refractivity contribution in [3.8, 4) is 11.7 Å². The first-order valence-electron chi connectivity index (χ1n) is 11.5. The van der Waals surface area contributed by atoms with Crippen LogP contribution >= 0.6 is 23.2 Å². The molecule has 0 aliphatic carbocycles. The van der Waals surface area contributed by atoms with Gasteiger partial charge in [-0.3, -0.25) is 4.79 Å². The molecule has 184 valence electrons. The number of rotatable bonds is 6. The number of benzene rings is 1. The summed E-state index contributed by atoms with van der Waals surface area (Å²) in [4.78, 5) is 24.0. The molecule has 1 amide bonds. The van der Waals surface area contributed by atoms with E-state index in [4.69, 9.17) is 33.7 Å². The summed E-state index contributed by atoms with van der Waals surface area (Å²) in [5.41, 5.74) is 7.82. The van der Waals surface area contributed by atoms with Gasteiger partial charge in [0, 0.05) is 49.6 Å². The summed E-state index contributed by atoms with van der Waals surface area (Å²) in [6.07, 6.45) is 6.38. The highest BCUT2D eigenvalue weighted by Gasteiger charge is 2.40. The number of pyridine rings is 2. The first kappa shape index (κ1) is 24.1. The predicted molar refractivity (Wildman–Crippen MR) is 139 cm³/mol. The third kappa shape index (κ3) is 5.01. The zero-order valence-electron chi connectivity index (χ0n) is 19.5. The molecule has 0 spiro atoms. The van der Waals surface area contributed by atoms with Gasteiger partial charge in [0.2, 0.25) is 5.88 Å². The average Bonchev–Trinajstić information content (AvgIpc) is 3.58. The van der Waals surface area contributed by atoms with Crippen molar-refractivity contribution in [2.45, 2.75) is 18.9 Å². The highest BCUT2D eigenvalue weighted by atomic mass is 35.5. The van der Waals surface area contributed by atoms with Crippen molar-refractivity contribution in [2.75, 3.05) is 18.8 Å². The van der Waals surface area contributed by atoms with Gasteiger partial charge in [0.05, 0.1) is 27.5 Å². The van der Waals surface area contributed by atoms with Gasteiger partial charge < -0.3 is 15.4 Å². The Morgan fingerprint density at radius 1 is 1.08 bits per heavy atom. The van der Waals surface area contributed by atoms with Crippen LogP contribution in [0.3, 0.4) is 0 Å². The lowest BCUT2D eigenvalue weighted by atomic mass is 9.86. The van der Waals surface area contributed by atoms with Gasteiger partial charge in [-0.25, -0.2) is 14.6 Å². The van der Waals surface area contributed by atoms with Crippen molar-refractivity contribution < 1.29 is 9.53 Å². The molecule has 1 aliphatic heterocycles. The van der Waals surface area contributed by atoms with E-state index in [1.807, 2.05) is 30.0 Å². The van der Waals surface area contributed by atoms with Crippen LogP contribution in [0.25, 0.3) is 5.82 Å². The van der Waals surface area contributed by atoms with E-state index in [1.165, 1.54) is 0 Å². The molecule has 36 heavy (non-hydrogen) atoms. The third-order valence-corrected chi connectivity index (χ3v) is 7.17. The van der Waals surface area contributed by atoms with Gasteiger partial charge in [-0.05, 0) is 48.9 Å². The number of anilines is 1. The zero-order chi connectivity index (χ0) is 25.2. The number of carbonyl (C=O) groups excluding carboxylic acids is 1. The summed E-state index contributed by atoms with van der Waals surface area (Å²) in [5, 5.41) is 5.14. The van der Waals surface area contributed by atoms with E-state index in [0.29, 0.717) is 46.1 Å². The highest BCUT2D eigenvalue weighted by molar-refractivity contribution is 6.42. The summed E-state index contributed by atoms with van der Waals surface area (Å²) in [6.45, 7) is 2.99. The number of hydrogen-bond donors (Lipinski definition) is 1. The van der Waals surface area contributed by atoms with Crippen molar-refractivity contribution in [2.24, 2.45) is 5.92 Å². The lowest BCUT2D eigenvalue weighted by molar-refractivity contribution is 0.0769. The molecule has 0 saturated carbocycles. The molecule has 3 atom stereocenters. The Balaban J connectivity index is 1.39. The third-order valence-electron chi connectivity index (χ3n) is 6.43. The van der Waals surface area contributed by atoms with E-state index >= 15 is 0 Å². The zero-order valence-corrected chi connectivity index (χ0v) is 21.0. The molecule has 1 fully saturated rings. The number of likely N-dealkylation sites (tertiary alicyclic amines) is 1. The van der Waals surface area contributed by atoms with Crippen LogP contribution in [-0.2, 0) is 0 Å². The number of nitrogen functional groups attached to an aromatic ring is 1. The monoisotopic (exact) mass is 522 g/mol. The minimum absolute atomic E-state index is 0.0104. The highest BCUT2D eigenvalue weighted by Crippen LogP contribution is 2.38. The van der Waals surface area contributed by atoms with E-state index in [9.17, 15) is 4.79 Å². The van der Waals surface area contributed by atoms with Crippen LogP contribution in [0.15, 0.2) is 73.3 Å². The molecule has 0 bridgehead atoms. The molecule has 10 heteroatoms. The van der Waals surface area contributed by atoms with E-state index in [2.05, 4.69) is 15.1 Å². The Morgan fingerprint density at radius 3 is 2.61 bits per heavy atom. The SMILES string of the molecule is C[C@H](Oc1ccc(N)cn1)[C@H]1CN(C(=O)c2ccc(-n3cccn3)nc2)C[C@@H]1c1ccc(Cl)c(Cl)c1. The first-order valence-corrected chi connectivity index (χ1v) is 12.2. The standard InChI is InChI=1S/C26H24Cl2N6O2/c1-16(36-25-8-5-19(29)13-31-25)20-14-33(15-21(20)17-3-6-22(27)23(28)11-17)26(35)18-4-7-24(30-12-18)34-10-2-9-32-34/h2-13,16,20-21H,14-15,29H2,1H3/t16-,20+,21+/m0/s1. The van der Waals surface area contributed by atoms with Gasteiger partial charge in [-0.15, -0.1) is 0 Å². The minimum Gasteiger partial charge on any atom is -0.474 e. The number of carbonyl (C=O) groups is 1. The number of hydrogen-bond acceptors (Lipinski definition) is 6. The van der Waals surface area contributed by atoms with Crippen molar-refractivity contribution in [1.82, 2.24) is 24.6 Å². The fourth-order valence-corrected chi connectivity index (χ4v) is 4.85. The van der Waals surface area contributed by atoms with Crippen LogP contribution in [0.5, 0.6) is 5.88 Å². The first-order chi connectivity index (χ1) is 17.4. The molecule has 4 heterocycles. The largest absolute Gasteiger partial charge is 0.474 e. The van der Waals surface area contributed by atoms with Crippen LogP contribution in [0.2, 0.25) is 10.0 Å². The van der Waals surface area contributed by atoms with Crippen LogP contribution in [-0.4, -0.2) is 49.7 Å². The number of nitrogens with zero attached hydrogens (tertiary/aromatic N) is 5. The number of nitrogens with two attached hydrogens (primary N) is 1. The molecule has 1 aliphatic rings. The fourth-order valence-electron chi connectivity index (χ4n) is 4.54. The average molecular weight is 523 g/mol. The molecule has 8 nitrogen and oxygen atoms in total. The second-order valence-corrected chi connectivity index (χ2v) is 9.58. The fraction of sp³-hybridized carbons (Fsp3) is 0.231. The van der Waals surface area contributed by atoms with E-state index in [-0.39, 0.29) is 23.8 Å². The van der Waals surface area contributed by atoms with Crippen molar-refractivity contribution in [3.63, 3.8) is 0 Å². The normalized spacial score (nSPS) is 18.2. The Labute approximate surface area is 218 Å². The lowest BCUT2D eigenvalue weighted by Crippen LogP contribution is -2.32. The summed E-state index contributed by atoms with van der Waals surface area (Å²) in [7, 11) is 0. The van der Waals surface area contributed by atoms with Gasteiger partial charge in [0.25, 0.3) is 5.91 Å². The maximum atomic E-state index is 13.5. The number of amides is 1. The molecule has 5 rings (SSSR count). The Morgan fingerprint density at radius 2 is 1.94 bits per heavy atom. The molecule has 0 unspecified atom stereocenters. The smallest absolute Gasteiger partial charge is 0.255 e. The summed E-state index contributed by atoms with van der Waals surface area (Å²) < 4.78 is 7.81. The molecule has 2 N–H and O–H groups in total. The van der Waals surface area contributed by atoms with Crippen molar-refractivity contribution in [3.05, 3.63) is 94.5 Å². The Kier molecular flexibility index (Phi) is 6.80. The molecular formula is C26H24Cl2N6O2. The van der Waals surface area contributed by atoms with Gasteiger partial charge >= 0.3 is 0 Å². The van der Waals surface area contributed by atoms with Crippen LogP contribution in [0.4, 0.5) is 5.69 Å². The number of aromatic nitrogens is 4. The summed E-state index contributed by atoms with van der Waals surface area (Å²) in [5.74, 6) is 1.00. The maximum absolute atomic E-state index is 13.5. The summed E-state index contributed by atoms with van der Waals surface area (Å²) in [6, 6.07) is 14.5. The molecular weight excluding hydrogens is 499 g/mol. The van der Waals surface area contributed by atoms with Gasteiger partial charge in [0.1, 0.15) is 6.10 Å². The van der Waals surface area contributed by atoms with E-state index in [0.717, 1.165) is 5.56 Å². The van der Waals surface area contributed by atoms with Crippen LogP contribution in [0, 0.1) is 5.92 Å². The topological polar surface area (TPSA) is 99.2 Å². The molecule has 3 aromatic heterocycles. The van der Waals surface area contributed by atoms with Crippen LogP contribution < -0.4 is 10.5 Å². The quantitative estimate of drug-likeness (QED) is 0.387. The van der Waals surface area contributed by atoms with Gasteiger partial charge in [-0.2, -0.15) is 5.10 Å². The minimum atomic E-state index is -0.237. The molecule has 1 aromatic carbocycles. The predicted octanol–water partition coefficient (Wildman–Crippen LogP) is 4.87. The van der Waals surface area contributed by atoms with Gasteiger partial charge in [-0.1, -0.05) is 29.3 Å². The van der Waals surface area contributed by atoms with E-state index in [1.54, 1.807) is 59.8 Å². The second kappa shape index (κ2) is 10.2. The van der Waals surface area contributed by atoms with Crippen molar-refractivity contribution in [1.29, 1.82) is 0 Å². The number of halogens is 2. The summed E-state index contributed by atoms with van der Waals surface area (Å²) >= 11 is 12.5. The van der Waals surface area contributed by atoms with Gasteiger partial charge in [0.15, 0.2) is 5.82 Å². The molecule has 0 radical (unpaired) electrons. The Hall–Kier alpha value is -3.62. The molecule has 1 saturated heterocycles. The van der Waals surface area contributed by atoms with Crippen LogP contribution in [0.1, 0.15) is 28.8 Å². The number of ether oxygens (including phenoxy) is 1. The van der Waals surface area contributed by atoms with Crippen molar-refractivity contribution >= 4 is 34.8 Å². The second-order valence-electron chi connectivity index (χ2n) is 8.76. The molecule has 4 aromatic rings.